The van der Waals surface area contributed by atoms with E-state index in [0.29, 0.717) is 25.1 Å². The molecule has 1 aliphatic rings. The molecule has 0 aliphatic carbocycles. The average molecular weight is 490 g/mol. The highest BCUT2D eigenvalue weighted by Gasteiger charge is 2.34. The van der Waals surface area contributed by atoms with Crippen molar-refractivity contribution in [2.24, 2.45) is 0 Å². The number of sulfone groups is 1. The molecule has 0 radical (unpaired) electrons. The van der Waals surface area contributed by atoms with Crippen LogP contribution in [0.1, 0.15) is 26.7 Å². The summed E-state index contributed by atoms with van der Waals surface area (Å²) in [6.45, 7) is 2.20. The van der Waals surface area contributed by atoms with Crippen LogP contribution in [0.4, 0.5) is 5.69 Å². The third kappa shape index (κ3) is 7.57. The van der Waals surface area contributed by atoms with Gasteiger partial charge >= 0.3 is 5.97 Å². The van der Waals surface area contributed by atoms with Gasteiger partial charge in [-0.15, -0.1) is 0 Å². The number of carbonyl (C=O) groups excluding carboxylic acids is 3. The molecule has 1 heterocycles. The number of ether oxygens (including phenoxy) is 1. The van der Waals surface area contributed by atoms with Crippen molar-refractivity contribution in [3.8, 4) is 0 Å². The smallest absolute Gasteiger partial charge is 0.321 e. The number of carbonyl (C=O) groups is 3. The van der Waals surface area contributed by atoms with Crippen molar-refractivity contribution in [3.05, 3.63) is 24.3 Å². The van der Waals surface area contributed by atoms with Gasteiger partial charge < -0.3 is 15.0 Å². The molecule has 11 nitrogen and oxygen atoms in total. The number of benzene rings is 1. The van der Waals surface area contributed by atoms with Gasteiger partial charge in [0.15, 0.2) is 16.4 Å². The van der Waals surface area contributed by atoms with E-state index >= 15 is 0 Å². The van der Waals surface area contributed by atoms with Crippen molar-refractivity contribution in [2.45, 2.75) is 37.6 Å². The Labute approximate surface area is 187 Å². The van der Waals surface area contributed by atoms with Gasteiger partial charge in [0.1, 0.15) is 6.54 Å². The fourth-order valence-corrected chi connectivity index (χ4v) is 5.91. The lowest BCUT2D eigenvalue weighted by Gasteiger charge is -2.27. The van der Waals surface area contributed by atoms with Gasteiger partial charge in [0.25, 0.3) is 5.91 Å². The van der Waals surface area contributed by atoms with Crippen molar-refractivity contribution in [2.75, 3.05) is 36.5 Å². The zero-order chi connectivity index (χ0) is 23.9. The Kier molecular flexibility index (Phi) is 8.75. The van der Waals surface area contributed by atoms with E-state index in [1.165, 1.54) is 36.1 Å². The molecule has 1 aromatic carbocycles. The molecule has 13 heteroatoms. The van der Waals surface area contributed by atoms with Crippen LogP contribution in [0, 0.1) is 0 Å². The highest BCUT2D eigenvalue weighted by molar-refractivity contribution is 7.91. The molecular weight excluding hydrogens is 462 g/mol. The molecule has 1 saturated heterocycles. The summed E-state index contributed by atoms with van der Waals surface area (Å²) in [6.07, 6.45) is 0.944. The topological polar surface area (TPSA) is 156 Å². The monoisotopic (exact) mass is 489 g/mol. The summed E-state index contributed by atoms with van der Waals surface area (Å²) in [5.74, 6) is -1.89. The number of rotatable bonds is 10. The molecule has 2 amide bonds. The van der Waals surface area contributed by atoms with Crippen LogP contribution in [0.5, 0.6) is 0 Å². The first-order valence-corrected chi connectivity index (χ1v) is 13.3. The van der Waals surface area contributed by atoms with Crippen molar-refractivity contribution >= 4 is 43.3 Å². The molecule has 0 bridgehead atoms. The molecule has 0 unspecified atom stereocenters. The summed E-state index contributed by atoms with van der Waals surface area (Å²) >= 11 is 0. The van der Waals surface area contributed by atoms with E-state index in [1.807, 2.05) is 6.92 Å². The van der Waals surface area contributed by atoms with E-state index in [-0.39, 0.29) is 22.3 Å². The lowest BCUT2D eigenvalue weighted by Crippen LogP contribution is -2.44. The fourth-order valence-electron chi connectivity index (χ4n) is 3.21. The second kappa shape index (κ2) is 10.9. The molecule has 1 fully saturated rings. The van der Waals surface area contributed by atoms with E-state index in [4.69, 9.17) is 4.74 Å². The third-order valence-corrected chi connectivity index (χ3v) is 7.85. The zero-order valence-corrected chi connectivity index (χ0v) is 19.5. The lowest BCUT2D eigenvalue weighted by molar-refractivity contribution is -0.151. The maximum atomic E-state index is 12.5. The van der Waals surface area contributed by atoms with Crippen molar-refractivity contribution in [3.63, 3.8) is 0 Å². The zero-order valence-electron chi connectivity index (χ0n) is 17.9. The highest BCUT2D eigenvalue weighted by atomic mass is 32.2. The minimum atomic E-state index is -4.02. The van der Waals surface area contributed by atoms with Crippen LogP contribution < -0.4 is 10.0 Å². The minimum Gasteiger partial charge on any atom is -0.455 e. The summed E-state index contributed by atoms with van der Waals surface area (Å²) < 4.78 is 55.0. The van der Waals surface area contributed by atoms with Crippen LogP contribution >= 0.6 is 0 Å². The van der Waals surface area contributed by atoms with E-state index in [0.717, 1.165) is 0 Å². The first-order valence-electron chi connectivity index (χ1n) is 9.96. The summed E-state index contributed by atoms with van der Waals surface area (Å²) in [7, 11) is -7.20. The number of hydrogen-bond acceptors (Lipinski definition) is 8. The number of nitrogens with one attached hydrogen (secondary N) is 2. The fraction of sp³-hybridized carbons (Fsp3) is 0.526. The molecule has 1 aromatic rings. The van der Waals surface area contributed by atoms with Gasteiger partial charge in [-0.3, -0.25) is 14.4 Å². The standard InChI is InChI=1S/C19H27N3O8S2/c1-3-9-22(16-8-10-31(26,27)13-16)18(24)12-30-19(25)11-20-32(28,29)17-6-4-15(5-7-17)21-14(2)23/h4-7,16,20H,3,8-13H2,1-2H3,(H,21,23)/t16-/m0/s1. The molecule has 0 aromatic heterocycles. The number of anilines is 1. The average Bonchev–Trinajstić information content (AvgIpc) is 3.08. The number of sulfonamides is 1. The predicted molar refractivity (Wildman–Crippen MR) is 116 cm³/mol. The Morgan fingerprint density at radius 3 is 2.38 bits per heavy atom. The van der Waals surface area contributed by atoms with Crippen molar-refractivity contribution < 1.29 is 36.0 Å². The quantitative estimate of drug-likeness (QED) is 0.431. The van der Waals surface area contributed by atoms with Crippen LogP contribution in [0.3, 0.4) is 0 Å². The van der Waals surface area contributed by atoms with Crippen LogP contribution in [0.15, 0.2) is 29.2 Å². The van der Waals surface area contributed by atoms with Crippen molar-refractivity contribution in [1.82, 2.24) is 9.62 Å². The summed E-state index contributed by atoms with van der Waals surface area (Å²) in [5.41, 5.74) is 0.418. The number of nitrogens with zero attached hydrogens (tertiary/aromatic N) is 1. The molecule has 178 valence electrons. The van der Waals surface area contributed by atoms with Gasteiger partial charge in [-0.2, -0.15) is 4.72 Å². The summed E-state index contributed by atoms with van der Waals surface area (Å²) in [5, 5.41) is 2.51. The van der Waals surface area contributed by atoms with Crippen LogP contribution in [-0.2, 0) is 39.0 Å². The molecule has 0 spiro atoms. The van der Waals surface area contributed by atoms with Crippen LogP contribution in [-0.4, -0.2) is 76.8 Å². The molecule has 2 rings (SSSR count). The Bertz CT molecular complexity index is 1050. The molecule has 0 saturated carbocycles. The van der Waals surface area contributed by atoms with Gasteiger partial charge in [0, 0.05) is 25.2 Å². The molecule has 1 aliphatic heterocycles. The predicted octanol–water partition coefficient (Wildman–Crippen LogP) is -0.108. The van der Waals surface area contributed by atoms with Gasteiger partial charge in [0.2, 0.25) is 15.9 Å². The molecule has 1 atom stereocenters. The molecule has 32 heavy (non-hydrogen) atoms. The minimum absolute atomic E-state index is 0.0124. The lowest BCUT2D eigenvalue weighted by atomic mass is 10.2. The first-order chi connectivity index (χ1) is 14.9. The number of amides is 2. The third-order valence-electron chi connectivity index (χ3n) is 4.68. The second-order valence-corrected chi connectivity index (χ2v) is 11.3. The van der Waals surface area contributed by atoms with E-state index in [9.17, 15) is 31.2 Å². The van der Waals surface area contributed by atoms with E-state index in [1.54, 1.807) is 0 Å². The van der Waals surface area contributed by atoms with Crippen LogP contribution in [0.25, 0.3) is 0 Å². The first kappa shape index (κ1) is 25.7. The summed E-state index contributed by atoms with van der Waals surface area (Å²) in [4.78, 5) is 36.7. The van der Waals surface area contributed by atoms with Gasteiger partial charge in [0.05, 0.1) is 16.4 Å². The molecule has 2 N–H and O–H groups in total. The summed E-state index contributed by atoms with van der Waals surface area (Å²) in [6, 6.07) is 4.88. The van der Waals surface area contributed by atoms with Crippen molar-refractivity contribution in [1.29, 1.82) is 0 Å². The normalized spacial score (nSPS) is 17.5. The Hall–Kier alpha value is -2.51. The maximum Gasteiger partial charge on any atom is 0.321 e. The number of esters is 1. The van der Waals surface area contributed by atoms with Gasteiger partial charge in [-0.1, -0.05) is 6.92 Å². The highest BCUT2D eigenvalue weighted by Crippen LogP contribution is 2.18. The van der Waals surface area contributed by atoms with Gasteiger partial charge in [-0.25, -0.2) is 16.8 Å². The SMILES string of the molecule is CCCN(C(=O)COC(=O)CNS(=O)(=O)c1ccc(NC(C)=O)cc1)[C@H]1CCS(=O)(=O)C1. The molecular formula is C19H27N3O8S2. The van der Waals surface area contributed by atoms with Gasteiger partial charge in [-0.05, 0) is 37.1 Å². The Balaban J connectivity index is 1.87. The maximum absolute atomic E-state index is 12.5. The number of hydrogen-bond donors (Lipinski definition) is 2. The largest absolute Gasteiger partial charge is 0.455 e. The van der Waals surface area contributed by atoms with E-state index in [2.05, 4.69) is 10.0 Å². The Morgan fingerprint density at radius 1 is 1.19 bits per heavy atom. The van der Waals surface area contributed by atoms with E-state index < -0.39 is 50.9 Å². The van der Waals surface area contributed by atoms with Crippen LogP contribution in [0.2, 0.25) is 0 Å². The second-order valence-electron chi connectivity index (χ2n) is 7.33. The Morgan fingerprint density at radius 2 is 1.84 bits per heavy atom.